The van der Waals surface area contributed by atoms with E-state index in [0.29, 0.717) is 19.7 Å². The molecule has 0 spiro atoms. The molecule has 1 aliphatic rings. The average molecular weight is 288 g/mol. The van der Waals surface area contributed by atoms with Gasteiger partial charge in [0.15, 0.2) is 0 Å². The monoisotopic (exact) mass is 288 g/mol. The fraction of sp³-hybridized carbons (Fsp3) is 0.571. The van der Waals surface area contributed by atoms with Crippen molar-refractivity contribution in [3.8, 4) is 0 Å². The number of alkyl halides is 3. The minimum Gasteiger partial charge on any atom is -0.374 e. The molecule has 0 aliphatic carbocycles. The van der Waals surface area contributed by atoms with E-state index in [4.69, 9.17) is 10.5 Å². The van der Waals surface area contributed by atoms with Crippen LogP contribution in [0.1, 0.15) is 18.1 Å². The summed E-state index contributed by atoms with van der Waals surface area (Å²) in [6.45, 7) is 4.59. The van der Waals surface area contributed by atoms with Gasteiger partial charge >= 0.3 is 6.18 Å². The lowest BCUT2D eigenvalue weighted by Gasteiger charge is -2.34. The highest BCUT2D eigenvalue weighted by molar-refractivity contribution is 5.24. The second-order valence-electron chi connectivity index (χ2n) is 5.20. The van der Waals surface area contributed by atoms with Crippen LogP contribution in [-0.4, -0.2) is 36.7 Å². The maximum atomic E-state index is 12.5. The third-order valence-electron chi connectivity index (χ3n) is 3.45. The van der Waals surface area contributed by atoms with Crippen LogP contribution in [0.3, 0.4) is 0 Å². The molecule has 1 saturated heterocycles. The number of nitrogens with zero attached hydrogens (tertiary/aromatic N) is 1. The molecular formula is C14H19F3N2O. The van der Waals surface area contributed by atoms with E-state index in [9.17, 15) is 13.2 Å². The van der Waals surface area contributed by atoms with Crippen LogP contribution in [0, 0.1) is 0 Å². The average Bonchev–Trinajstić information content (AvgIpc) is 2.38. The summed E-state index contributed by atoms with van der Waals surface area (Å²) in [5, 5.41) is 0. The second kappa shape index (κ2) is 6.11. The molecule has 1 aromatic carbocycles. The van der Waals surface area contributed by atoms with Crippen LogP contribution < -0.4 is 5.73 Å². The Morgan fingerprint density at radius 1 is 1.35 bits per heavy atom. The van der Waals surface area contributed by atoms with Gasteiger partial charge in [0.2, 0.25) is 0 Å². The summed E-state index contributed by atoms with van der Waals surface area (Å²) in [6, 6.07) is 5.25. The van der Waals surface area contributed by atoms with E-state index in [-0.39, 0.29) is 12.1 Å². The Balaban J connectivity index is 1.96. The van der Waals surface area contributed by atoms with Gasteiger partial charge in [0.05, 0.1) is 18.3 Å². The molecule has 0 bridgehead atoms. The molecule has 2 atom stereocenters. The molecular weight excluding hydrogens is 269 g/mol. The smallest absolute Gasteiger partial charge is 0.374 e. The topological polar surface area (TPSA) is 38.5 Å². The molecule has 1 heterocycles. The highest BCUT2D eigenvalue weighted by Crippen LogP contribution is 2.29. The summed E-state index contributed by atoms with van der Waals surface area (Å²) in [6.07, 6.45) is -4.30. The van der Waals surface area contributed by atoms with Crippen molar-refractivity contribution in [1.29, 1.82) is 0 Å². The Labute approximate surface area is 116 Å². The van der Waals surface area contributed by atoms with Gasteiger partial charge in [0.25, 0.3) is 0 Å². The Bertz CT molecular complexity index is 431. The zero-order valence-corrected chi connectivity index (χ0v) is 11.4. The maximum Gasteiger partial charge on any atom is 0.416 e. The molecule has 0 aromatic heterocycles. The summed E-state index contributed by atoms with van der Waals surface area (Å²) < 4.78 is 43.0. The number of halogens is 3. The van der Waals surface area contributed by atoms with Gasteiger partial charge in [-0.05, 0) is 24.6 Å². The molecule has 112 valence electrons. The van der Waals surface area contributed by atoms with Gasteiger partial charge in [0.1, 0.15) is 0 Å². The Kier molecular flexibility index (Phi) is 4.67. The van der Waals surface area contributed by atoms with E-state index < -0.39 is 11.7 Å². The summed E-state index contributed by atoms with van der Waals surface area (Å²) in [4.78, 5) is 2.15. The normalized spacial score (nSPS) is 22.8. The number of rotatable bonds is 3. The van der Waals surface area contributed by atoms with Crippen molar-refractivity contribution in [3.63, 3.8) is 0 Å². The third kappa shape index (κ3) is 3.94. The van der Waals surface area contributed by atoms with E-state index in [0.717, 1.165) is 24.2 Å². The van der Waals surface area contributed by atoms with E-state index in [1.807, 2.05) is 6.92 Å². The number of nitrogens with two attached hydrogens (primary N) is 1. The number of hydrogen-bond acceptors (Lipinski definition) is 3. The lowest BCUT2D eigenvalue weighted by molar-refractivity contribution is -0.137. The van der Waals surface area contributed by atoms with Gasteiger partial charge in [-0.25, -0.2) is 0 Å². The minimum absolute atomic E-state index is 0.0156. The van der Waals surface area contributed by atoms with Crippen molar-refractivity contribution in [2.24, 2.45) is 5.73 Å². The highest BCUT2D eigenvalue weighted by atomic mass is 19.4. The molecule has 6 heteroatoms. The fourth-order valence-corrected chi connectivity index (χ4v) is 2.25. The lowest BCUT2D eigenvalue weighted by atomic mass is 10.1. The largest absolute Gasteiger partial charge is 0.416 e. The Morgan fingerprint density at radius 3 is 2.55 bits per heavy atom. The number of hydrogen-bond donors (Lipinski definition) is 1. The Hall–Kier alpha value is -1.11. The van der Waals surface area contributed by atoms with E-state index in [1.54, 1.807) is 0 Å². The first-order valence-corrected chi connectivity index (χ1v) is 6.62. The van der Waals surface area contributed by atoms with Crippen molar-refractivity contribution in [2.75, 3.05) is 19.7 Å². The highest BCUT2D eigenvalue weighted by Gasteiger charge is 2.30. The predicted molar refractivity (Wildman–Crippen MR) is 70.1 cm³/mol. The quantitative estimate of drug-likeness (QED) is 0.927. The van der Waals surface area contributed by atoms with Crippen LogP contribution in [-0.2, 0) is 17.5 Å². The van der Waals surface area contributed by atoms with Gasteiger partial charge in [-0.1, -0.05) is 12.1 Å². The summed E-state index contributed by atoms with van der Waals surface area (Å²) in [5.74, 6) is 0. The lowest BCUT2D eigenvalue weighted by Crippen LogP contribution is -2.49. The number of morpholine rings is 1. The summed E-state index contributed by atoms with van der Waals surface area (Å²) >= 11 is 0. The van der Waals surface area contributed by atoms with Crippen LogP contribution in [0.4, 0.5) is 13.2 Å². The summed E-state index contributed by atoms with van der Waals surface area (Å²) in [5.41, 5.74) is 6.06. The zero-order valence-electron chi connectivity index (χ0n) is 11.4. The Morgan fingerprint density at radius 2 is 2.00 bits per heavy atom. The molecule has 1 aliphatic heterocycles. The molecule has 0 radical (unpaired) electrons. The van der Waals surface area contributed by atoms with Crippen LogP contribution in [0.25, 0.3) is 0 Å². The van der Waals surface area contributed by atoms with E-state index in [1.165, 1.54) is 12.1 Å². The van der Waals surface area contributed by atoms with Crippen molar-refractivity contribution >= 4 is 0 Å². The second-order valence-corrected chi connectivity index (χ2v) is 5.20. The van der Waals surface area contributed by atoms with Crippen LogP contribution >= 0.6 is 0 Å². The minimum atomic E-state index is -4.28. The van der Waals surface area contributed by atoms with E-state index >= 15 is 0 Å². The SMILES string of the molecule is CC(N)C1CN(Cc2ccc(C(F)(F)F)cc2)CCO1. The molecule has 3 nitrogen and oxygen atoms in total. The van der Waals surface area contributed by atoms with Gasteiger partial charge in [-0.2, -0.15) is 13.2 Å². The number of ether oxygens (including phenoxy) is 1. The predicted octanol–water partition coefficient (Wildman–Crippen LogP) is 2.25. The molecule has 20 heavy (non-hydrogen) atoms. The van der Waals surface area contributed by atoms with Gasteiger partial charge < -0.3 is 10.5 Å². The molecule has 2 N–H and O–H groups in total. The van der Waals surface area contributed by atoms with Crippen LogP contribution in [0.15, 0.2) is 24.3 Å². The van der Waals surface area contributed by atoms with Crippen molar-refractivity contribution in [3.05, 3.63) is 35.4 Å². The fourth-order valence-electron chi connectivity index (χ4n) is 2.25. The van der Waals surface area contributed by atoms with Crippen molar-refractivity contribution < 1.29 is 17.9 Å². The molecule has 0 saturated carbocycles. The first-order chi connectivity index (χ1) is 9.36. The first-order valence-electron chi connectivity index (χ1n) is 6.62. The van der Waals surface area contributed by atoms with Crippen LogP contribution in [0.2, 0.25) is 0 Å². The third-order valence-corrected chi connectivity index (χ3v) is 3.45. The molecule has 0 amide bonds. The van der Waals surface area contributed by atoms with Crippen molar-refractivity contribution in [2.45, 2.75) is 31.8 Å². The van der Waals surface area contributed by atoms with Crippen LogP contribution in [0.5, 0.6) is 0 Å². The van der Waals surface area contributed by atoms with Gasteiger partial charge in [-0.3, -0.25) is 4.90 Å². The van der Waals surface area contributed by atoms with Gasteiger partial charge in [-0.15, -0.1) is 0 Å². The molecule has 2 unspecified atom stereocenters. The number of benzene rings is 1. The zero-order chi connectivity index (χ0) is 14.8. The molecule has 2 rings (SSSR count). The first kappa shape index (κ1) is 15.3. The molecule has 1 fully saturated rings. The maximum absolute atomic E-state index is 12.5. The standard InChI is InChI=1S/C14H19F3N2O/c1-10(18)13-9-19(6-7-20-13)8-11-2-4-12(5-3-11)14(15,16)17/h2-5,10,13H,6-9,18H2,1H3. The molecule has 1 aromatic rings. The van der Waals surface area contributed by atoms with E-state index in [2.05, 4.69) is 4.90 Å². The van der Waals surface area contributed by atoms with Gasteiger partial charge in [0, 0.05) is 25.7 Å². The summed E-state index contributed by atoms with van der Waals surface area (Å²) in [7, 11) is 0. The van der Waals surface area contributed by atoms with Crippen molar-refractivity contribution in [1.82, 2.24) is 4.90 Å².